The number of halogens is 1. The Morgan fingerprint density at radius 3 is 2.14 bits per heavy atom. The van der Waals surface area contributed by atoms with Crippen molar-refractivity contribution in [3.63, 3.8) is 0 Å². The number of aryl methyl sites for hydroxylation is 2. The van der Waals surface area contributed by atoms with E-state index in [0.717, 1.165) is 21.1 Å². The Kier molecular flexibility index (Phi) is 7.49. The molecule has 0 unspecified atom stereocenters. The molecule has 0 bridgehead atoms. The molecule has 1 aliphatic rings. The lowest BCUT2D eigenvalue weighted by atomic mass is 10.2. The fraction of sp³-hybridized carbons (Fsp3) is 0.296. The third kappa shape index (κ3) is 5.46. The van der Waals surface area contributed by atoms with Crippen molar-refractivity contribution in [1.82, 2.24) is 4.90 Å². The highest BCUT2D eigenvalue weighted by atomic mass is 32.2. The van der Waals surface area contributed by atoms with E-state index in [1.165, 1.54) is 19.2 Å². The number of carbonyl (C=O) groups is 1. The normalized spacial score (nSPS) is 14.0. The van der Waals surface area contributed by atoms with Crippen LogP contribution in [0.5, 0.6) is 5.75 Å². The van der Waals surface area contributed by atoms with Crippen molar-refractivity contribution in [2.24, 2.45) is 0 Å². The highest BCUT2D eigenvalue weighted by Crippen LogP contribution is 2.33. The molecule has 1 amide bonds. The lowest BCUT2D eigenvalue weighted by molar-refractivity contribution is -0.129. The molecule has 0 N–H and O–H groups in total. The van der Waals surface area contributed by atoms with E-state index in [0.29, 0.717) is 37.6 Å². The molecule has 0 aromatic heterocycles. The molecule has 0 radical (unpaired) electrons. The van der Waals surface area contributed by atoms with Crippen molar-refractivity contribution in [2.45, 2.75) is 18.7 Å². The second-order valence-electron chi connectivity index (χ2n) is 8.84. The van der Waals surface area contributed by atoms with Gasteiger partial charge in [-0.05, 0) is 67.9 Å². The summed E-state index contributed by atoms with van der Waals surface area (Å²) in [5, 5.41) is 0. The molecule has 0 aliphatic carbocycles. The lowest BCUT2D eigenvalue weighted by Gasteiger charge is -2.37. The van der Waals surface area contributed by atoms with Gasteiger partial charge in [-0.25, -0.2) is 12.8 Å². The Balaban J connectivity index is 1.59. The van der Waals surface area contributed by atoms with Crippen molar-refractivity contribution >= 4 is 27.3 Å². The van der Waals surface area contributed by atoms with E-state index < -0.39 is 10.0 Å². The van der Waals surface area contributed by atoms with Crippen LogP contribution in [0.3, 0.4) is 0 Å². The first-order chi connectivity index (χ1) is 17.2. The van der Waals surface area contributed by atoms with Gasteiger partial charge in [0.2, 0.25) is 5.91 Å². The van der Waals surface area contributed by atoms with Crippen LogP contribution in [0.1, 0.15) is 11.1 Å². The summed E-state index contributed by atoms with van der Waals surface area (Å²) in [5.41, 5.74) is 2.98. The van der Waals surface area contributed by atoms with Crippen LogP contribution in [0, 0.1) is 19.7 Å². The summed E-state index contributed by atoms with van der Waals surface area (Å²) >= 11 is 0. The van der Waals surface area contributed by atoms with E-state index in [9.17, 15) is 17.6 Å². The lowest BCUT2D eigenvalue weighted by Crippen LogP contribution is -2.52. The van der Waals surface area contributed by atoms with Crippen LogP contribution in [0.4, 0.5) is 15.8 Å². The van der Waals surface area contributed by atoms with Crippen molar-refractivity contribution in [1.29, 1.82) is 0 Å². The number of piperazine rings is 1. The maximum atomic E-state index is 13.8. The topological polar surface area (TPSA) is 70.2 Å². The molecule has 4 rings (SSSR count). The fourth-order valence-electron chi connectivity index (χ4n) is 4.22. The number of benzene rings is 3. The third-order valence-corrected chi connectivity index (χ3v) is 8.09. The van der Waals surface area contributed by atoms with Crippen molar-refractivity contribution in [3.05, 3.63) is 83.7 Å². The van der Waals surface area contributed by atoms with Gasteiger partial charge >= 0.3 is 0 Å². The zero-order valence-electron chi connectivity index (χ0n) is 20.6. The number of hydrogen-bond acceptors (Lipinski definition) is 5. The highest BCUT2D eigenvalue weighted by molar-refractivity contribution is 7.92. The molecule has 190 valence electrons. The second kappa shape index (κ2) is 10.6. The van der Waals surface area contributed by atoms with Gasteiger partial charge in [-0.3, -0.25) is 9.10 Å². The third-order valence-electron chi connectivity index (χ3n) is 6.32. The van der Waals surface area contributed by atoms with E-state index >= 15 is 0 Å². The summed E-state index contributed by atoms with van der Waals surface area (Å²) in [6.07, 6.45) is 0. The van der Waals surface area contributed by atoms with Gasteiger partial charge in [-0.1, -0.05) is 23.8 Å². The van der Waals surface area contributed by atoms with Gasteiger partial charge in [0.1, 0.15) is 18.1 Å². The first-order valence-electron chi connectivity index (χ1n) is 11.7. The Hall–Kier alpha value is -3.59. The molecule has 3 aromatic rings. The van der Waals surface area contributed by atoms with Crippen LogP contribution in [0.15, 0.2) is 71.6 Å². The summed E-state index contributed by atoms with van der Waals surface area (Å²) < 4.78 is 47.4. The van der Waals surface area contributed by atoms with E-state index in [1.807, 2.05) is 19.9 Å². The molecule has 3 aromatic carbocycles. The molecular weight excluding hydrogens is 481 g/mol. The Morgan fingerprint density at radius 2 is 1.53 bits per heavy atom. The van der Waals surface area contributed by atoms with Gasteiger partial charge in [-0.2, -0.15) is 0 Å². The maximum Gasteiger partial charge on any atom is 0.264 e. The average molecular weight is 512 g/mol. The first kappa shape index (κ1) is 25.5. The Bertz CT molecular complexity index is 1320. The van der Waals surface area contributed by atoms with Crippen molar-refractivity contribution < 1.29 is 22.3 Å². The van der Waals surface area contributed by atoms with E-state index in [2.05, 4.69) is 4.90 Å². The Labute approximate surface area is 211 Å². The summed E-state index contributed by atoms with van der Waals surface area (Å²) in [6.45, 7) is 5.38. The summed E-state index contributed by atoms with van der Waals surface area (Å²) in [7, 11) is -2.58. The predicted octanol–water partition coefficient (Wildman–Crippen LogP) is 4.00. The van der Waals surface area contributed by atoms with E-state index in [4.69, 9.17) is 4.74 Å². The number of ether oxygens (including phenoxy) is 1. The van der Waals surface area contributed by atoms with Crippen LogP contribution < -0.4 is 13.9 Å². The summed E-state index contributed by atoms with van der Waals surface area (Å²) in [6, 6.07) is 18.1. The molecular formula is C27H30FN3O4S. The molecule has 7 nitrogen and oxygen atoms in total. The van der Waals surface area contributed by atoms with E-state index in [1.54, 1.807) is 53.4 Å². The van der Waals surface area contributed by atoms with Crippen LogP contribution in [0.25, 0.3) is 0 Å². The van der Waals surface area contributed by atoms with Gasteiger partial charge in [0.05, 0.1) is 17.7 Å². The molecule has 9 heteroatoms. The number of rotatable bonds is 7. The van der Waals surface area contributed by atoms with Crippen LogP contribution in [-0.4, -0.2) is 59.1 Å². The second-order valence-corrected chi connectivity index (χ2v) is 10.7. The molecule has 1 fully saturated rings. The quantitative estimate of drug-likeness (QED) is 0.480. The average Bonchev–Trinajstić information content (AvgIpc) is 2.88. The van der Waals surface area contributed by atoms with Crippen molar-refractivity contribution in [2.75, 3.05) is 49.0 Å². The number of anilines is 2. The predicted molar refractivity (Wildman–Crippen MR) is 139 cm³/mol. The van der Waals surface area contributed by atoms with Crippen LogP contribution >= 0.6 is 0 Å². The SMILES string of the molecule is COc1ccc(C)cc1N(CC(=O)N1CCN(c2ccc(F)cc2)CC1)S(=O)(=O)c1ccc(C)cc1. The zero-order chi connectivity index (χ0) is 25.9. The van der Waals surface area contributed by atoms with Gasteiger partial charge in [0.25, 0.3) is 10.0 Å². The number of nitrogens with zero attached hydrogens (tertiary/aromatic N) is 3. The maximum absolute atomic E-state index is 13.8. The molecule has 1 saturated heterocycles. The molecule has 0 atom stereocenters. The molecule has 36 heavy (non-hydrogen) atoms. The van der Waals surface area contributed by atoms with E-state index in [-0.39, 0.29) is 23.2 Å². The van der Waals surface area contributed by atoms with Gasteiger partial charge in [0, 0.05) is 31.9 Å². The molecule has 1 aliphatic heterocycles. The number of methoxy groups -OCH3 is 1. The summed E-state index contributed by atoms with van der Waals surface area (Å²) in [5.74, 6) is -0.229. The summed E-state index contributed by atoms with van der Waals surface area (Å²) in [4.78, 5) is 17.2. The molecule has 1 heterocycles. The highest BCUT2D eigenvalue weighted by Gasteiger charge is 2.32. The standard InChI is InChI=1S/C27H30FN3O4S/c1-20-4-11-24(12-5-20)36(33,34)31(25-18-21(2)6-13-26(25)35-3)19-27(32)30-16-14-29(15-17-30)23-9-7-22(28)8-10-23/h4-13,18H,14-17,19H2,1-3H3. The number of carbonyl (C=O) groups excluding carboxylic acids is 1. The largest absolute Gasteiger partial charge is 0.495 e. The van der Waals surface area contributed by atoms with Gasteiger partial charge < -0.3 is 14.5 Å². The zero-order valence-corrected chi connectivity index (χ0v) is 21.5. The smallest absolute Gasteiger partial charge is 0.264 e. The van der Waals surface area contributed by atoms with Crippen molar-refractivity contribution in [3.8, 4) is 5.75 Å². The van der Waals surface area contributed by atoms with Crippen LogP contribution in [-0.2, 0) is 14.8 Å². The number of amides is 1. The first-order valence-corrected chi connectivity index (χ1v) is 13.2. The monoisotopic (exact) mass is 511 g/mol. The number of hydrogen-bond donors (Lipinski definition) is 0. The molecule has 0 spiro atoms. The molecule has 0 saturated carbocycles. The Morgan fingerprint density at radius 1 is 0.917 bits per heavy atom. The minimum atomic E-state index is -4.05. The number of sulfonamides is 1. The minimum Gasteiger partial charge on any atom is -0.495 e. The fourth-order valence-corrected chi connectivity index (χ4v) is 5.64. The van der Waals surface area contributed by atoms with Gasteiger partial charge in [0.15, 0.2) is 0 Å². The minimum absolute atomic E-state index is 0.102. The van der Waals surface area contributed by atoms with Gasteiger partial charge in [-0.15, -0.1) is 0 Å². The van der Waals surface area contributed by atoms with Crippen LogP contribution in [0.2, 0.25) is 0 Å².